The zero-order valence-corrected chi connectivity index (χ0v) is 7.22. The lowest BCUT2D eigenvalue weighted by molar-refractivity contribution is 0.0189. The third-order valence-corrected chi connectivity index (χ3v) is 1.55. The van der Waals surface area contributed by atoms with E-state index in [-0.39, 0.29) is 12.4 Å². The Hall–Kier alpha value is -1.69. The summed E-state index contributed by atoms with van der Waals surface area (Å²) in [6.45, 7) is -0.212. The highest BCUT2D eigenvalue weighted by Crippen LogP contribution is 2.11. The summed E-state index contributed by atoms with van der Waals surface area (Å²) in [6.07, 6.45) is 0.479. The van der Waals surface area contributed by atoms with E-state index >= 15 is 0 Å². The van der Waals surface area contributed by atoms with E-state index in [1.54, 1.807) is 6.07 Å². The number of aliphatic hydroxyl groups is 2. The third-order valence-electron chi connectivity index (χ3n) is 1.55. The van der Waals surface area contributed by atoms with Crippen LogP contribution in [0.25, 0.3) is 10.4 Å². The third kappa shape index (κ3) is 2.67. The van der Waals surface area contributed by atoms with Crippen LogP contribution in [-0.2, 0) is 0 Å². The van der Waals surface area contributed by atoms with Gasteiger partial charge in [-0.1, -0.05) is 5.11 Å². The molecule has 0 aliphatic heterocycles. The van der Waals surface area contributed by atoms with Crippen LogP contribution < -0.4 is 0 Å². The highest BCUT2D eigenvalue weighted by Gasteiger charge is 2.19. The Morgan fingerprint density at radius 1 is 1.43 bits per heavy atom. The van der Waals surface area contributed by atoms with Gasteiger partial charge >= 0.3 is 0 Å². The molecule has 14 heavy (non-hydrogen) atoms. The normalized spacial score (nSPS) is 14.1. The summed E-state index contributed by atoms with van der Waals surface area (Å²) in [6, 6.07) is 1.59. The molecule has 2 N–H and O–H groups in total. The molecule has 0 aliphatic rings. The van der Waals surface area contributed by atoms with Crippen LogP contribution in [0.1, 0.15) is 11.9 Å². The molecule has 0 aliphatic carbocycles. The molecule has 74 valence electrons. The SMILES string of the molecule is [N-]=[N+]=NCC(O)C(O)c1ncccn1. The predicted octanol–water partition coefficient (Wildman–Crippen LogP) is 0.181. The van der Waals surface area contributed by atoms with Gasteiger partial charge in [0.05, 0.1) is 12.6 Å². The molecule has 7 heteroatoms. The average Bonchev–Trinajstić information content (AvgIpc) is 2.26. The molecule has 1 heterocycles. The fourth-order valence-corrected chi connectivity index (χ4v) is 0.855. The molecule has 0 saturated carbocycles. The number of azide groups is 1. The Labute approximate surface area is 79.7 Å². The molecule has 1 aromatic heterocycles. The van der Waals surface area contributed by atoms with Crippen molar-refractivity contribution in [3.05, 3.63) is 34.7 Å². The molecule has 0 amide bonds. The number of aromatic nitrogens is 2. The Kier molecular flexibility index (Phi) is 3.81. The van der Waals surface area contributed by atoms with Crippen molar-refractivity contribution in [1.29, 1.82) is 0 Å². The van der Waals surface area contributed by atoms with E-state index in [4.69, 9.17) is 5.53 Å². The largest absolute Gasteiger partial charge is 0.390 e. The molecule has 7 nitrogen and oxygen atoms in total. The molecule has 0 saturated heterocycles. The van der Waals surface area contributed by atoms with Crippen LogP contribution in [0.3, 0.4) is 0 Å². The second-order valence-corrected chi connectivity index (χ2v) is 2.53. The molecule has 1 rings (SSSR count). The molecule has 1 aromatic rings. The Bertz CT molecular complexity index is 324. The quantitative estimate of drug-likeness (QED) is 0.405. The predicted molar refractivity (Wildman–Crippen MR) is 47.0 cm³/mol. The summed E-state index contributed by atoms with van der Waals surface area (Å²) in [7, 11) is 0. The minimum Gasteiger partial charge on any atom is -0.390 e. The summed E-state index contributed by atoms with van der Waals surface area (Å²) < 4.78 is 0. The van der Waals surface area contributed by atoms with Crippen molar-refractivity contribution >= 4 is 0 Å². The van der Waals surface area contributed by atoms with Gasteiger partial charge in [-0.05, 0) is 11.6 Å². The number of rotatable bonds is 4. The topological polar surface area (TPSA) is 115 Å². The fraction of sp³-hybridized carbons (Fsp3) is 0.429. The van der Waals surface area contributed by atoms with Gasteiger partial charge in [-0.2, -0.15) is 0 Å². The van der Waals surface area contributed by atoms with Gasteiger partial charge in [0.25, 0.3) is 0 Å². The molecule has 0 fully saturated rings. The molecular weight excluding hydrogens is 186 g/mol. The van der Waals surface area contributed by atoms with Gasteiger partial charge < -0.3 is 10.2 Å². The van der Waals surface area contributed by atoms with Crippen LogP contribution in [-0.4, -0.2) is 32.8 Å². The summed E-state index contributed by atoms with van der Waals surface area (Å²) in [5.74, 6) is 0.105. The summed E-state index contributed by atoms with van der Waals surface area (Å²) >= 11 is 0. The maximum absolute atomic E-state index is 9.46. The van der Waals surface area contributed by atoms with Gasteiger partial charge in [0.1, 0.15) is 6.10 Å². The molecule has 2 atom stereocenters. The van der Waals surface area contributed by atoms with E-state index < -0.39 is 12.2 Å². The lowest BCUT2D eigenvalue weighted by Gasteiger charge is -2.13. The van der Waals surface area contributed by atoms with Crippen LogP contribution in [0.5, 0.6) is 0 Å². The van der Waals surface area contributed by atoms with Gasteiger partial charge in [-0.15, -0.1) is 0 Å². The van der Waals surface area contributed by atoms with E-state index in [0.717, 1.165) is 0 Å². The maximum atomic E-state index is 9.46. The van der Waals surface area contributed by atoms with Crippen LogP contribution >= 0.6 is 0 Å². The van der Waals surface area contributed by atoms with Gasteiger partial charge in [-0.3, -0.25) is 0 Å². The van der Waals surface area contributed by atoms with Gasteiger partial charge in [0, 0.05) is 17.3 Å². The first kappa shape index (κ1) is 10.4. The first-order valence-corrected chi connectivity index (χ1v) is 3.89. The molecule has 0 spiro atoms. The first-order chi connectivity index (χ1) is 6.75. The van der Waals surface area contributed by atoms with Crippen LogP contribution in [0, 0.1) is 0 Å². The Balaban J connectivity index is 2.65. The summed E-state index contributed by atoms with van der Waals surface area (Å²) in [5, 5.41) is 21.9. The van der Waals surface area contributed by atoms with Gasteiger partial charge in [0.2, 0.25) is 0 Å². The summed E-state index contributed by atoms with van der Waals surface area (Å²) in [4.78, 5) is 9.97. The second kappa shape index (κ2) is 5.13. The van der Waals surface area contributed by atoms with Gasteiger partial charge in [-0.25, -0.2) is 9.97 Å². The lowest BCUT2D eigenvalue weighted by Crippen LogP contribution is -2.22. The van der Waals surface area contributed by atoms with Crippen molar-refractivity contribution in [2.45, 2.75) is 12.2 Å². The zero-order valence-electron chi connectivity index (χ0n) is 7.22. The number of hydrogen-bond acceptors (Lipinski definition) is 5. The van der Waals surface area contributed by atoms with E-state index in [9.17, 15) is 10.2 Å². The number of aliphatic hydroxyl groups excluding tert-OH is 2. The van der Waals surface area contributed by atoms with Crippen molar-refractivity contribution < 1.29 is 10.2 Å². The minimum atomic E-state index is -1.23. The Morgan fingerprint density at radius 2 is 2.07 bits per heavy atom. The first-order valence-electron chi connectivity index (χ1n) is 3.89. The van der Waals surface area contributed by atoms with Crippen molar-refractivity contribution in [2.75, 3.05) is 6.54 Å². The van der Waals surface area contributed by atoms with Gasteiger partial charge in [0.15, 0.2) is 5.82 Å². The fourth-order valence-electron chi connectivity index (χ4n) is 0.855. The van der Waals surface area contributed by atoms with E-state index in [1.165, 1.54) is 12.4 Å². The Morgan fingerprint density at radius 3 is 2.64 bits per heavy atom. The maximum Gasteiger partial charge on any atom is 0.159 e. The van der Waals surface area contributed by atoms with E-state index in [1.807, 2.05) is 0 Å². The average molecular weight is 195 g/mol. The molecular formula is C7H9N5O2. The van der Waals surface area contributed by atoms with Crippen molar-refractivity contribution in [3.63, 3.8) is 0 Å². The molecule has 0 aromatic carbocycles. The monoisotopic (exact) mass is 195 g/mol. The van der Waals surface area contributed by atoms with Crippen molar-refractivity contribution in [1.82, 2.24) is 9.97 Å². The van der Waals surface area contributed by atoms with Crippen LogP contribution in [0.15, 0.2) is 23.6 Å². The van der Waals surface area contributed by atoms with E-state index in [2.05, 4.69) is 20.0 Å². The number of nitrogens with zero attached hydrogens (tertiary/aromatic N) is 5. The zero-order chi connectivity index (χ0) is 10.4. The molecule has 0 bridgehead atoms. The number of hydrogen-bond donors (Lipinski definition) is 2. The second-order valence-electron chi connectivity index (χ2n) is 2.53. The minimum absolute atomic E-state index is 0.105. The van der Waals surface area contributed by atoms with Crippen LogP contribution in [0.2, 0.25) is 0 Å². The standard InChI is InChI=1S/C7H9N5O2/c8-12-11-4-5(13)6(14)7-9-2-1-3-10-7/h1-3,5-6,13-14H,4H2. The summed E-state index contributed by atoms with van der Waals surface area (Å²) in [5.41, 5.74) is 8.00. The lowest BCUT2D eigenvalue weighted by atomic mass is 10.2. The van der Waals surface area contributed by atoms with Crippen molar-refractivity contribution in [3.8, 4) is 0 Å². The highest BCUT2D eigenvalue weighted by molar-refractivity contribution is 4.95. The van der Waals surface area contributed by atoms with E-state index in [0.29, 0.717) is 0 Å². The molecule has 2 unspecified atom stereocenters. The smallest absolute Gasteiger partial charge is 0.159 e. The van der Waals surface area contributed by atoms with Crippen molar-refractivity contribution in [2.24, 2.45) is 5.11 Å². The van der Waals surface area contributed by atoms with Crippen LogP contribution in [0.4, 0.5) is 0 Å². The molecule has 0 radical (unpaired) electrons. The highest BCUT2D eigenvalue weighted by atomic mass is 16.3.